The van der Waals surface area contributed by atoms with E-state index in [4.69, 9.17) is 9.97 Å². The van der Waals surface area contributed by atoms with E-state index in [0.717, 1.165) is 22.3 Å². The standard InChI is InChI=1S/C38H29N3/c1-38(2,3)29-16-17-39-34(22-29)28-21-33-32-20-27(25-12-8-5-9-13-25)19-31-30-18-26(24-10-6-4-7-11-24)14-15-35(30)41(36(31)32)37(33)40-23-28/h4-23H,1-3H3. The van der Waals surface area contributed by atoms with Crippen molar-refractivity contribution in [2.75, 3.05) is 0 Å². The summed E-state index contributed by atoms with van der Waals surface area (Å²) in [5.74, 6) is 0. The molecule has 0 spiro atoms. The van der Waals surface area contributed by atoms with Crippen molar-refractivity contribution in [3.8, 4) is 33.5 Å². The quantitative estimate of drug-likeness (QED) is 0.229. The maximum atomic E-state index is 5.10. The lowest BCUT2D eigenvalue weighted by Crippen LogP contribution is -2.11. The molecule has 0 saturated carbocycles. The summed E-state index contributed by atoms with van der Waals surface area (Å²) in [6.45, 7) is 6.71. The summed E-state index contributed by atoms with van der Waals surface area (Å²) in [6, 6.07) is 39.4. The highest BCUT2D eigenvalue weighted by atomic mass is 15.0. The smallest absolute Gasteiger partial charge is 0.145 e. The zero-order valence-corrected chi connectivity index (χ0v) is 23.4. The molecular formula is C38H29N3. The number of hydrogen-bond acceptors (Lipinski definition) is 2. The van der Waals surface area contributed by atoms with Crippen LogP contribution in [0.4, 0.5) is 0 Å². The van der Waals surface area contributed by atoms with E-state index in [1.807, 2.05) is 12.4 Å². The van der Waals surface area contributed by atoms with Gasteiger partial charge in [0.05, 0.1) is 16.7 Å². The SMILES string of the molecule is CC(C)(C)c1ccnc(-c2cnc3c(c2)c2cc(-c4ccccc4)cc4c5cc(-c6ccccc6)ccc5n3c42)c1. The highest BCUT2D eigenvalue weighted by molar-refractivity contribution is 6.24. The highest BCUT2D eigenvalue weighted by Gasteiger charge is 2.21. The highest BCUT2D eigenvalue weighted by Crippen LogP contribution is 2.43. The van der Waals surface area contributed by atoms with Crippen LogP contribution < -0.4 is 0 Å². The van der Waals surface area contributed by atoms with Gasteiger partial charge in [-0.3, -0.25) is 9.38 Å². The number of aromatic nitrogens is 3. The largest absolute Gasteiger partial charge is 0.293 e. The molecule has 0 bridgehead atoms. The second kappa shape index (κ2) is 8.74. The van der Waals surface area contributed by atoms with E-state index in [1.54, 1.807) is 0 Å². The number of benzene rings is 4. The van der Waals surface area contributed by atoms with Gasteiger partial charge in [-0.15, -0.1) is 0 Å². The van der Waals surface area contributed by atoms with Gasteiger partial charge in [-0.1, -0.05) is 87.5 Å². The summed E-state index contributed by atoms with van der Waals surface area (Å²) < 4.78 is 2.35. The topological polar surface area (TPSA) is 30.2 Å². The average molecular weight is 528 g/mol. The van der Waals surface area contributed by atoms with Crippen molar-refractivity contribution in [2.24, 2.45) is 0 Å². The molecule has 8 aromatic rings. The Morgan fingerprint density at radius 2 is 1.17 bits per heavy atom. The fraction of sp³-hybridized carbons (Fsp3) is 0.105. The van der Waals surface area contributed by atoms with Gasteiger partial charge in [0.1, 0.15) is 5.65 Å². The van der Waals surface area contributed by atoms with Crippen LogP contribution in [0.15, 0.2) is 122 Å². The van der Waals surface area contributed by atoms with Crippen LogP contribution in [-0.4, -0.2) is 14.4 Å². The first-order valence-electron chi connectivity index (χ1n) is 14.2. The molecule has 4 aromatic carbocycles. The van der Waals surface area contributed by atoms with Gasteiger partial charge in [0.25, 0.3) is 0 Å². The van der Waals surface area contributed by atoms with E-state index in [1.165, 1.54) is 55.0 Å². The number of fused-ring (bicyclic) bond motifs is 6. The first-order valence-corrected chi connectivity index (χ1v) is 14.2. The monoisotopic (exact) mass is 527 g/mol. The second-order valence-electron chi connectivity index (χ2n) is 12.0. The molecule has 0 atom stereocenters. The Bertz CT molecular complexity index is 2220. The van der Waals surface area contributed by atoms with Crippen LogP contribution in [0.25, 0.3) is 71.7 Å². The Balaban J connectivity index is 1.44. The number of nitrogens with zero attached hydrogens (tertiary/aromatic N) is 3. The Labute approximate surface area is 239 Å². The molecule has 0 aliphatic rings. The summed E-state index contributed by atoms with van der Waals surface area (Å²) in [6.07, 6.45) is 3.90. The van der Waals surface area contributed by atoms with Gasteiger partial charge in [-0.05, 0) is 75.7 Å². The lowest BCUT2D eigenvalue weighted by atomic mass is 9.87. The zero-order chi connectivity index (χ0) is 27.7. The van der Waals surface area contributed by atoms with E-state index < -0.39 is 0 Å². The van der Waals surface area contributed by atoms with E-state index in [2.05, 4.69) is 134 Å². The summed E-state index contributed by atoms with van der Waals surface area (Å²) in [5, 5.41) is 4.87. The van der Waals surface area contributed by atoms with E-state index in [9.17, 15) is 0 Å². The number of pyridine rings is 2. The normalized spacial score (nSPS) is 12.3. The predicted molar refractivity (Wildman–Crippen MR) is 172 cm³/mol. The molecule has 0 N–H and O–H groups in total. The van der Waals surface area contributed by atoms with Crippen molar-refractivity contribution >= 4 is 38.2 Å². The fourth-order valence-electron chi connectivity index (χ4n) is 6.21. The van der Waals surface area contributed by atoms with Crippen LogP contribution >= 0.6 is 0 Å². The maximum Gasteiger partial charge on any atom is 0.145 e. The molecule has 0 aliphatic heterocycles. The molecule has 4 aromatic heterocycles. The van der Waals surface area contributed by atoms with Crippen molar-refractivity contribution in [3.63, 3.8) is 0 Å². The van der Waals surface area contributed by atoms with Crippen LogP contribution in [0.2, 0.25) is 0 Å². The number of hydrogen-bond donors (Lipinski definition) is 0. The van der Waals surface area contributed by atoms with E-state index in [0.29, 0.717) is 0 Å². The van der Waals surface area contributed by atoms with Gasteiger partial charge in [0.15, 0.2) is 0 Å². The Morgan fingerprint density at radius 1 is 0.537 bits per heavy atom. The predicted octanol–water partition coefficient (Wildman–Crippen LogP) is 9.93. The molecule has 0 unspecified atom stereocenters. The average Bonchev–Trinajstić information content (AvgIpc) is 3.52. The minimum absolute atomic E-state index is 0.0495. The fourth-order valence-corrected chi connectivity index (χ4v) is 6.21. The molecule has 3 heteroatoms. The molecule has 8 rings (SSSR count). The molecule has 0 saturated heterocycles. The minimum Gasteiger partial charge on any atom is -0.293 e. The zero-order valence-electron chi connectivity index (χ0n) is 23.4. The molecule has 0 fully saturated rings. The third-order valence-corrected chi connectivity index (χ3v) is 8.37. The van der Waals surface area contributed by atoms with Crippen LogP contribution in [0.3, 0.4) is 0 Å². The van der Waals surface area contributed by atoms with Gasteiger partial charge in [-0.2, -0.15) is 0 Å². The van der Waals surface area contributed by atoms with Gasteiger partial charge in [0.2, 0.25) is 0 Å². The van der Waals surface area contributed by atoms with Crippen LogP contribution in [0, 0.1) is 0 Å². The Kier molecular flexibility index (Phi) is 5.08. The number of rotatable bonds is 3. The van der Waals surface area contributed by atoms with Gasteiger partial charge >= 0.3 is 0 Å². The van der Waals surface area contributed by atoms with Gasteiger partial charge < -0.3 is 0 Å². The molecule has 0 amide bonds. The lowest BCUT2D eigenvalue weighted by Gasteiger charge is -2.19. The maximum absolute atomic E-state index is 5.10. The van der Waals surface area contributed by atoms with Gasteiger partial charge in [-0.25, -0.2) is 4.98 Å². The Morgan fingerprint density at radius 3 is 1.88 bits per heavy atom. The van der Waals surface area contributed by atoms with E-state index in [-0.39, 0.29) is 5.41 Å². The first kappa shape index (κ1) is 23.8. The van der Waals surface area contributed by atoms with Crippen LogP contribution in [0.5, 0.6) is 0 Å². The molecule has 4 heterocycles. The summed E-state index contributed by atoms with van der Waals surface area (Å²) in [7, 11) is 0. The third-order valence-electron chi connectivity index (χ3n) is 8.37. The molecule has 41 heavy (non-hydrogen) atoms. The molecule has 196 valence electrons. The summed E-state index contributed by atoms with van der Waals surface area (Å²) in [4.78, 5) is 9.84. The molecule has 0 radical (unpaired) electrons. The van der Waals surface area contributed by atoms with Crippen molar-refractivity contribution in [3.05, 3.63) is 127 Å². The van der Waals surface area contributed by atoms with E-state index >= 15 is 0 Å². The molecular weight excluding hydrogens is 498 g/mol. The van der Waals surface area contributed by atoms with Crippen molar-refractivity contribution in [2.45, 2.75) is 26.2 Å². The Hall–Kier alpha value is -5.02. The minimum atomic E-state index is 0.0495. The lowest BCUT2D eigenvalue weighted by molar-refractivity contribution is 0.589. The second-order valence-corrected chi connectivity index (χ2v) is 12.0. The van der Waals surface area contributed by atoms with Crippen molar-refractivity contribution < 1.29 is 0 Å². The van der Waals surface area contributed by atoms with Crippen LogP contribution in [-0.2, 0) is 5.41 Å². The van der Waals surface area contributed by atoms with Crippen molar-refractivity contribution in [1.29, 1.82) is 0 Å². The third kappa shape index (κ3) is 3.73. The molecule has 3 nitrogen and oxygen atoms in total. The molecule has 0 aliphatic carbocycles. The first-order chi connectivity index (χ1) is 20.0. The van der Waals surface area contributed by atoms with Gasteiger partial charge in [0, 0.05) is 39.5 Å². The summed E-state index contributed by atoms with van der Waals surface area (Å²) >= 11 is 0. The van der Waals surface area contributed by atoms with Crippen LogP contribution in [0.1, 0.15) is 26.3 Å². The van der Waals surface area contributed by atoms with Crippen molar-refractivity contribution in [1.82, 2.24) is 14.4 Å². The summed E-state index contributed by atoms with van der Waals surface area (Å²) in [5.41, 5.74) is 11.6.